The monoisotopic (exact) mass is 342 g/mol. The number of halogens is 1. The van der Waals surface area contributed by atoms with Gasteiger partial charge in [-0.2, -0.15) is 0 Å². The average Bonchev–Trinajstić information content (AvgIpc) is 2.58. The summed E-state index contributed by atoms with van der Waals surface area (Å²) < 4.78 is 10.8. The summed E-state index contributed by atoms with van der Waals surface area (Å²) in [6, 6.07) is 7.96. The summed E-state index contributed by atoms with van der Waals surface area (Å²) in [7, 11) is 1.67. The molecule has 1 atom stereocenters. The average molecular weight is 343 g/mol. The van der Waals surface area contributed by atoms with Gasteiger partial charge < -0.3 is 19.7 Å². The molecule has 1 aliphatic rings. The Bertz CT molecular complexity index is 485. The second-order valence-electron chi connectivity index (χ2n) is 5.35. The normalized spacial score (nSPS) is 17.5. The molecule has 0 spiro atoms. The highest BCUT2D eigenvalue weighted by Crippen LogP contribution is 2.30. The van der Waals surface area contributed by atoms with E-state index in [1.807, 2.05) is 36.1 Å². The van der Waals surface area contributed by atoms with Crippen molar-refractivity contribution < 1.29 is 14.3 Å². The number of rotatable bonds is 7. The van der Waals surface area contributed by atoms with Crippen molar-refractivity contribution in [2.75, 3.05) is 40.0 Å². The molecule has 1 fully saturated rings. The summed E-state index contributed by atoms with van der Waals surface area (Å²) in [5, 5.41) is 3.37. The van der Waals surface area contributed by atoms with Gasteiger partial charge in [-0.3, -0.25) is 4.79 Å². The molecule has 0 saturated carbocycles. The zero-order chi connectivity index (χ0) is 15.8. The van der Waals surface area contributed by atoms with Crippen LogP contribution in [0.1, 0.15) is 31.4 Å². The minimum Gasteiger partial charge on any atom is -0.496 e. The number of nitrogens with zero attached hydrogens (tertiary/aromatic N) is 1. The molecule has 1 saturated heterocycles. The molecule has 0 aromatic heterocycles. The molecule has 1 heterocycles. The molecular formula is C17H27ClN2O3. The van der Waals surface area contributed by atoms with Crippen LogP contribution in [0.3, 0.4) is 0 Å². The summed E-state index contributed by atoms with van der Waals surface area (Å²) in [5.41, 5.74) is 1.07. The van der Waals surface area contributed by atoms with Crippen LogP contribution >= 0.6 is 12.4 Å². The van der Waals surface area contributed by atoms with Crippen molar-refractivity contribution in [1.82, 2.24) is 10.2 Å². The summed E-state index contributed by atoms with van der Waals surface area (Å²) in [5.74, 6) is 1.03. The molecule has 0 aliphatic carbocycles. The maximum absolute atomic E-state index is 12.5. The molecule has 1 aliphatic heterocycles. The van der Waals surface area contributed by atoms with Gasteiger partial charge in [0, 0.05) is 44.8 Å². The highest BCUT2D eigenvalue weighted by molar-refractivity contribution is 5.85. The van der Waals surface area contributed by atoms with Crippen molar-refractivity contribution >= 4 is 18.3 Å². The number of nitrogens with one attached hydrogen (secondary N) is 1. The maximum Gasteiger partial charge on any atom is 0.223 e. The van der Waals surface area contributed by atoms with E-state index in [0.29, 0.717) is 19.6 Å². The lowest BCUT2D eigenvalue weighted by Crippen LogP contribution is -2.48. The van der Waals surface area contributed by atoms with E-state index in [0.717, 1.165) is 37.4 Å². The van der Waals surface area contributed by atoms with Crippen LogP contribution in [-0.4, -0.2) is 50.8 Å². The molecule has 1 amide bonds. The number of amides is 1. The lowest BCUT2D eigenvalue weighted by molar-refractivity contribution is -0.135. The summed E-state index contributed by atoms with van der Waals surface area (Å²) in [4.78, 5) is 14.5. The van der Waals surface area contributed by atoms with Gasteiger partial charge >= 0.3 is 0 Å². The fourth-order valence-corrected chi connectivity index (χ4v) is 2.84. The topological polar surface area (TPSA) is 50.8 Å². The summed E-state index contributed by atoms with van der Waals surface area (Å²) in [6.45, 7) is 5.64. The van der Waals surface area contributed by atoms with E-state index in [4.69, 9.17) is 9.47 Å². The van der Waals surface area contributed by atoms with Crippen LogP contribution in [0.2, 0.25) is 0 Å². The number of hydrogen-bond donors (Lipinski definition) is 1. The van der Waals surface area contributed by atoms with Crippen LogP contribution in [0.4, 0.5) is 0 Å². The predicted molar refractivity (Wildman–Crippen MR) is 93.3 cm³/mol. The Kier molecular flexibility index (Phi) is 8.99. The fourth-order valence-electron chi connectivity index (χ4n) is 2.84. The van der Waals surface area contributed by atoms with Crippen molar-refractivity contribution in [3.05, 3.63) is 29.8 Å². The lowest BCUT2D eigenvalue weighted by Gasteiger charge is -2.37. The van der Waals surface area contributed by atoms with Crippen molar-refractivity contribution in [2.45, 2.75) is 25.8 Å². The van der Waals surface area contributed by atoms with E-state index < -0.39 is 0 Å². The molecule has 6 heteroatoms. The predicted octanol–water partition coefficient (Wildman–Crippen LogP) is 2.41. The van der Waals surface area contributed by atoms with Crippen molar-refractivity contribution in [2.24, 2.45) is 0 Å². The molecule has 1 aromatic carbocycles. The molecular weight excluding hydrogens is 316 g/mol. The van der Waals surface area contributed by atoms with Gasteiger partial charge in [0.25, 0.3) is 0 Å². The fraction of sp³-hybridized carbons (Fsp3) is 0.588. The number of ether oxygens (including phenoxy) is 2. The molecule has 130 valence electrons. The van der Waals surface area contributed by atoms with Gasteiger partial charge in [0.1, 0.15) is 5.75 Å². The maximum atomic E-state index is 12.5. The van der Waals surface area contributed by atoms with Crippen molar-refractivity contribution in [1.29, 1.82) is 0 Å². The molecule has 5 nitrogen and oxygen atoms in total. The van der Waals surface area contributed by atoms with E-state index >= 15 is 0 Å². The standard InChI is InChI=1S/C17H26N2O3.ClH/c1-3-22-12-6-9-17(20)19-11-10-18-13-15(19)14-7-4-5-8-16(14)21-2;/h4-5,7-8,15,18H,3,6,9-13H2,1-2H3;1H. The third-order valence-electron chi connectivity index (χ3n) is 3.95. The van der Waals surface area contributed by atoms with Gasteiger partial charge in [0.15, 0.2) is 0 Å². The Labute approximate surface area is 144 Å². The molecule has 1 N–H and O–H groups in total. The first-order valence-corrected chi connectivity index (χ1v) is 7.98. The largest absolute Gasteiger partial charge is 0.496 e. The quantitative estimate of drug-likeness (QED) is 0.773. The number of hydrogen-bond acceptors (Lipinski definition) is 4. The molecule has 0 bridgehead atoms. The Hall–Kier alpha value is -1.30. The van der Waals surface area contributed by atoms with Crippen molar-refractivity contribution in [3.8, 4) is 5.75 Å². The van der Waals surface area contributed by atoms with Crippen molar-refractivity contribution in [3.63, 3.8) is 0 Å². The summed E-state index contributed by atoms with van der Waals surface area (Å²) in [6.07, 6.45) is 1.31. The molecule has 1 aromatic rings. The summed E-state index contributed by atoms with van der Waals surface area (Å²) >= 11 is 0. The number of carbonyl (C=O) groups is 1. The third kappa shape index (κ3) is 5.37. The molecule has 2 rings (SSSR count). The van der Waals surface area contributed by atoms with E-state index in [9.17, 15) is 4.79 Å². The zero-order valence-electron chi connectivity index (χ0n) is 13.9. The smallest absolute Gasteiger partial charge is 0.223 e. The van der Waals surface area contributed by atoms with E-state index in [2.05, 4.69) is 5.32 Å². The van der Waals surface area contributed by atoms with Crippen LogP contribution in [0.5, 0.6) is 5.75 Å². The van der Waals surface area contributed by atoms with E-state index in [-0.39, 0.29) is 24.4 Å². The highest BCUT2D eigenvalue weighted by Gasteiger charge is 2.29. The number of methoxy groups -OCH3 is 1. The number of benzene rings is 1. The van der Waals surface area contributed by atoms with Gasteiger partial charge in [-0.25, -0.2) is 0 Å². The van der Waals surface area contributed by atoms with Crippen LogP contribution in [0, 0.1) is 0 Å². The van der Waals surface area contributed by atoms with Crippen LogP contribution in [0.15, 0.2) is 24.3 Å². The number of carbonyl (C=O) groups excluding carboxylic acids is 1. The van der Waals surface area contributed by atoms with Gasteiger partial charge in [0.05, 0.1) is 13.2 Å². The first-order chi connectivity index (χ1) is 10.8. The lowest BCUT2D eigenvalue weighted by atomic mass is 10.0. The van der Waals surface area contributed by atoms with Crippen LogP contribution < -0.4 is 10.1 Å². The van der Waals surface area contributed by atoms with Gasteiger partial charge in [-0.15, -0.1) is 12.4 Å². The Morgan fingerprint density at radius 1 is 1.39 bits per heavy atom. The van der Waals surface area contributed by atoms with Crippen LogP contribution in [-0.2, 0) is 9.53 Å². The number of piperazine rings is 1. The minimum atomic E-state index is 0. The highest BCUT2D eigenvalue weighted by atomic mass is 35.5. The Morgan fingerprint density at radius 2 is 2.17 bits per heavy atom. The molecule has 1 unspecified atom stereocenters. The Morgan fingerprint density at radius 3 is 2.91 bits per heavy atom. The Balaban J connectivity index is 0.00000264. The van der Waals surface area contributed by atoms with Gasteiger partial charge in [-0.05, 0) is 19.4 Å². The second kappa shape index (κ2) is 10.5. The second-order valence-corrected chi connectivity index (χ2v) is 5.35. The number of para-hydroxylation sites is 1. The van der Waals surface area contributed by atoms with Gasteiger partial charge in [0.2, 0.25) is 5.91 Å². The third-order valence-corrected chi connectivity index (χ3v) is 3.95. The van der Waals surface area contributed by atoms with Crippen LogP contribution in [0.25, 0.3) is 0 Å². The SMILES string of the molecule is CCOCCCC(=O)N1CCNCC1c1ccccc1OC.Cl. The molecule has 23 heavy (non-hydrogen) atoms. The molecule has 0 radical (unpaired) electrons. The first kappa shape index (κ1) is 19.7. The van der Waals surface area contributed by atoms with E-state index in [1.54, 1.807) is 7.11 Å². The van der Waals surface area contributed by atoms with Gasteiger partial charge in [-0.1, -0.05) is 18.2 Å². The zero-order valence-corrected chi connectivity index (χ0v) is 14.7. The van der Waals surface area contributed by atoms with E-state index in [1.165, 1.54) is 0 Å². The first-order valence-electron chi connectivity index (χ1n) is 7.98. The minimum absolute atomic E-state index is 0.